The Balaban J connectivity index is -0.00000000990. The van der Waals surface area contributed by atoms with E-state index in [2.05, 4.69) is 0 Å². The SMILES string of the molecule is O=C(O)O.[H-].[H-].[Mg+2].[O]=[AlH]. The molecule has 0 aromatic heterocycles. The van der Waals surface area contributed by atoms with Crippen LogP contribution in [0.1, 0.15) is 2.85 Å². The normalized spacial score (nSPS) is 3.86. The van der Waals surface area contributed by atoms with Crippen LogP contribution in [0.25, 0.3) is 0 Å². The van der Waals surface area contributed by atoms with E-state index in [1.807, 2.05) is 0 Å². The fraction of sp³-hybridized carbons (Fsp3) is 0. The van der Waals surface area contributed by atoms with Gasteiger partial charge < -0.3 is 13.1 Å². The molecule has 0 fully saturated rings. The van der Waals surface area contributed by atoms with E-state index < -0.39 is 6.16 Å². The van der Waals surface area contributed by atoms with Gasteiger partial charge in [0.25, 0.3) is 0 Å². The van der Waals surface area contributed by atoms with E-state index in [1.165, 1.54) is 0 Å². The molecule has 0 rings (SSSR count). The molecule has 0 amide bonds. The average Bonchev–Trinajstić information content (AvgIpc) is 1.41. The van der Waals surface area contributed by atoms with Gasteiger partial charge in [0.15, 0.2) is 0 Å². The van der Waals surface area contributed by atoms with Gasteiger partial charge in [-0.15, -0.1) is 0 Å². The maximum atomic E-state index is 8.56. The van der Waals surface area contributed by atoms with Crippen molar-refractivity contribution >= 4 is 45.4 Å². The molecular formula is CH5AlMgO4. The van der Waals surface area contributed by atoms with Crippen LogP contribution < -0.4 is 0 Å². The Hall–Kier alpha value is 0.369. The first kappa shape index (κ1) is 15.7. The zero-order chi connectivity index (χ0) is 5.58. The van der Waals surface area contributed by atoms with Crippen molar-refractivity contribution in [2.75, 3.05) is 0 Å². The molecule has 0 bridgehead atoms. The number of hydrogen-bond acceptors (Lipinski definition) is 2. The van der Waals surface area contributed by atoms with E-state index in [1.54, 1.807) is 0 Å². The number of carbonyl (C=O) groups is 1. The molecule has 0 aliphatic heterocycles. The zero-order valence-corrected chi connectivity index (χ0v) is 6.45. The van der Waals surface area contributed by atoms with Gasteiger partial charge >= 0.3 is 49.2 Å². The van der Waals surface area contributed by atoms with E-state index in [4.69, 9.17) is 18.8 Å². The molecule has 0 unspecified atom stereocenters. The van der Waals surface area contributed by atoms with Crippen molar-refractivity contribution < 1.29 is 21.7 Å². The van der Waals surface area contributed by atoms with E-state index in [0.717, 1.165) is 0 Å². The van der Waals surface area contributed by atoms with Crippen molar-refractivity contribution in [3.8, 4) is 0 Å². The zero-order valence-electron chi connectivity index (χ0n) is 5.63. The molecule has 0 aliphatic rings. The van der Waals surface area contributed by atoms with E-state index >= 15 is 0 Å². The average molecular weight is 132 g/mol. The number of hydrogen-bond donors (Lipinski definition) is 2. The standard InChI is InChI=1S/CH2O3.Al.Mg.O.3H/c2-1(3)4;;;;;;/h(H2,2,3,4);;;;;;/q;;+2;;;2*-1. The maximum absolute atomic E-state index is 8.56. The third kappa shape index (κ3) is 894. The van der Waals surface area contributed by atoms with Crippen molar-refractivity contribution in [3.63, 3.8) is 0 Å². The van der Waals surface area contributed by atoms with Crippen molar-refractivity contribution in [3.05, 3.63) is 0 Å². The predicted octanol–water partition coefficient (Wildman–Crippen LogP) is -0.701. The molecule has 0 radical (unpaired) electrons. The third-order valence-electron chi connectivity index (χ3n) is 0. The summed E-state index contributed by atoms with van der Waals surface area (Å²) in [7, 11) is 0. The Kier molecular flexibility index (Phi) is 36.2. The molecule has 4 nitrogen and oxygen atoms in total. The Morgan fingerprint density at radius 1 is 1.43 bits per heavy atom. The van der Waals surface area contributed by atoms with Crippen LogP contribution >= 0.6 is 0 Å². The first-order chi connectivity index (χ1) is 2.73. The third-order valence-corrected chi connectivity index (χ3v) is 0. The Bertz CT molecular complexity index is 49.8. The summed E-state index contributed by atoms with van der Waals surface area (Å²) in [5, 5.41) is 13.9. The Morgan fingerprint density at radius 3 is 1.43 bits per heavy atom. The van der Waals surface area contributed by atoms with Gasteiger partial charge in [0, 0.05) is 0 Å². The van der Waals surface area contributed by atoms with Crippen LogP contribution in [-0.2, 0) is 3.80 Å². The molecule has 6 heteroatoms. The van der Waals surface area contributed by atoms with Gasteiger partial charge in [-0.3, -0.25) is 0 Å². The van der Waals surface area contributed by atoms with Crippen LogP contribution in [0.4, 0.5) is 4.79 Å². The summed E-state index contributed by atoms with van der Waals surface area (Å²) < 4.78 is 8.28. The monoisotopic (exact) mass is 132 g/mol. The van der Waals surface area contributed by atoms with E-state index in [0.29, 0.717) is 16.2 Å². The van der Waals surface area contributed by atoms with Gasteiger partial charge in [-0.2, -0.15) is 0 Å². The summed E-state index contributed by atoms with van der Waals surface area (Å²) in [6, 6.07) is 0. The van der Waals surface area contributed by atoms with Gasteiger partial charge in [0.2, 0.25) is 0 Å². The van der Waals surface area contributed by atoms with Crippen LogP contribution in [0.15, 0.2) is 0 Å². The summed E-state index contributed by atoms with van der Waals surface area (Å²) in [4.78, 5) is 8.56. The van der Waals surface area contributed by atoms with Gasteiger partial charge in [-0.1, -0.05) is 0 Å². The molecule has 38 valence electrons. The molecule has 0 spiro atoms. The molecule has 0 aromatic carbocycles. The van der Waals surface area contributed by atoms with Crippen molar-refractivity contribution in [1.82, 2.24) is 0 Å². The van der Waals surface area contributed by atoms with Gasteiger partial charge in [-0.05, 0) is 0 Å². The molecule has 0 saturated carbocycles. The van der Waals surface area contributed by atoms with Crippen LogP contribution in [0.2, 0.25) is 0 Å². The summed E-state index contributed by atoms with van der Waals surface area (Å²) in [5.74, 6) is 0. The summed E-state index contributed by atoms with van der Waals surface area (Å²) in [5.41, 5.74) is 0. The molecule has 0 heterocycles. The topological polar surface area (TPSA) is 74.6 Å². The summed E-state index contributed by atoms with van der Waals surface area (Å²) >= 11 is 0.611. The first-order valence-electron chi connectivity index (χ1n) is 0.940. The second-order valence-corrected chi connectivity index (χ2v) is 0.283. The molecule has 0 aliphatic carbocycles. The van der Waals surface area contributed by atoms with Gasteiger partial charge in [0.1, 0.15) is 0 Å². The van der Waals surface area contributed by atoms with Gasteiger partial charge in [-0.25, -0.2) is 4.79 Å². The van der Waals surface area contributed by atoms with Crippen LogP contribution in [0, 0.1) is 0 Å². The predicted molar refractivity (Wildman–Crippen MR) is 26.5 cm³/mol. The van der Waals surface area contributed by atoms with Crippen LogP contribution in [0.5, 0.6) is 0 Å². The minimum absolute atomic E-state index is 0. The van der Waals surface area contributed by atoms with Gasteiger partial charge in [0.05, 0.1) is 0 Å². The van der Waals surface area contributed by atoms with Crippen LogP contribution in [-0.4, -0.2) is 55.6 Å². The van der Waals surface area contributed by atoms with E-state index in [-0.39, 0.29) is 25.9 Å². The van der Waals surface area contributed by atoms with Crippen molar-refractivity contribution in [2.24, 2.45) is 0 Å². The molecule has 0 aromatic rings. The Labute approximate surface area is 67.3 Å². The fourth-order valence-electron chi connectivity index (χ4n) is 0. The fourth-order valence-corrected chi connectivity index (χ4v) is 0. The van der Waals surface area contributed by atoms with Crippen LogP contribution in [0.3, 0.4) is 0 Å². The molecule has 2 N–H and O–H groups in total. The van der Waals surface area contributed by atoms with E-state index in [9.17, 15) is 0 Å². The summed E-state index contributed by atoms with van der Waals surface area (Å²) in [6.45, 7) is 0. The molecule has 0 atom stereocenters. The van der Waals surface area contributed by atoms with Crippen molar-refractivity contribution in [2.45, 2.75) is 0 Å². The molecule has 0 saturated heterocycles. The molecular weight excluding hydrogens is 127 g/mol. The second-order valence-electron chi connectivity index (χ2n) is 0.283. The quantitative estimate of drug-likeness (QED) is 0.427. The van der Waals surface area contributed by atoms with Crippen molar-refractivity contribution in [1.29, 1.82) is 0 Å². The second kappa shape index (κ2) is 16.2. The number of carboxylic acid groups (broad SMARTS) is 2. The molecule has 7 heavy (non-hydrogen) atoms. The Morgan fingerprint density at radius 2 is 1.43 bits per heavy atom. The first-order valence-corrected chi connectivity index (χ1v) is 1.52. The summed E-state index contributed by atoms with van der Waals surface area (Å²) in [6.07, 6.45) is -1.83. The number of rotatable bonds is 0. The minimum atomic E-state index is -1.83.